The van der Waals surface area contributed by atoms with Crippen LogP contribution in [-0.4, -0.2) is 13.6 Å². The topological polar surface area (TPSA) is 36.9 Å². The Hall–Kier alpha value is -2.88. The van der Waals surface area contributed by atoms with Crippen molar-refractivity contribution in [2.75, 3.05) is 13.6 Å². The molecule has 0 unspecified atom stereocenters. The van der Waals surface area contributed by atoms with Gasteiger partial charge >= 0.3 is 0 Å². The molecule has 2 heterocycles. The highest BCUT2D eigenvalue weighted by Gasteiger charge is 2.12. The minimum Gasteiger partial charge on any atom is -0.454 e. The Morgan fingerprint density at radius 2 is 1.08 bits per heavy atom. The van der Waals surface area contributed by atoms with Gasteiger partial charge in [0.15, 0.2) is 23.0 Å². The molecule has 0 saturated heterocycles. The number of benzene rings is 2. The Morgan fingerprint density at radius 3 is 1.58 bits per heavy atom. The largest absolute Gasteiger partial charge is 0.454 e. The Balaban J connectivity index is 1.28. The van der Waals surface area contributed by atoms with Crippen LogP contribution in [0.4, 0.5) is 0 Å². The van der Waals surface area contributed by atoms with Gasteiger partial charge in [0.1, 0.15) is 0 Å². The first-order valence-corrected chi connectivity index (χ1v) is 8.01. The highest BCUT2D eigenvalue weighted by molar-refractivity contribution is 5.57. The lowest BCUT2D eigenvalue weighted by molar-refractivity contribution is 0.173. The Kier molecular flexibility index (Phi) is 4.11. The van der Waals surface area contributed by atoms with E-state index in [0.29, 0.717) is 13.6 Å². The number of unbranched alkanes of at least 4 members (excludes halogenated alkanes) is 1. The SMILES string of the molecule is C(=C\c1ccc2c(c1)OCO2)/CC/C=C/c1ccc2c(c1)OCO2. The van der Waals surface area contributed by atoms with Crippen molar-refractivity contribution in [3.8, 4) is 23.0 Å². The highest BCUT2D eigenvalue weighted by atomic mass is 16.7. The van der Waals surface area contributed by atoms with Crippen LogP contribution in [0.1, 0.15) is 24.0 Å². The van der Waals surface area contributed by atoms with Crippen LogP contribution in [0.2, 0.25) is 0 Å². The second kappa shape index (κ2) is 6.71. The van der Waals surface area contributed by atoms with E-state index in [1.165, 1.54) is 0 Å². The van der Waals surface area contributed by atoms with Gasteiger partial charge < -0.3 is 18.9 Å². The van der Waals surface area contributed by atoms with Crippen molar-refractivity contribution >= 4 is 12.2 Å². The number of fused-ring (bicyclic) bond motifs is 2. The summed E-state index contributed by atoms with van der Waals surface area (Å²) in [6.45, 7) is 0.625. The summed E-state index contributed by atoms with van der Waals surface area (Å²) >= 11 is 0. The lowest BCUT2D eigenvalue weighted by Gasteiger charge is -1.98. The number of hydrogen-bond donors (Lipinski definition) is 0. The standard InChI is InChI=1S/C20H18O4/c1(3-5-15-7-9-17-19(11-15)23-13-21-17)2-4-6-16-8-10-18-20(12-16)24-14-22-18/h3-12H,1-2,13-14H2/b5-3+,6-4+. The average Bonchev–Trinajstić information content (AvgIpc) is 3.25. The zero-order valence-electron chi connectivity index (χ0n) is 13.2. The Morgan fingerprint density at radius 1 is 0.625 bits per heavy atom. The summed E-state index contributed by atoms with van der Waals surface area (Å²) in [5.74, 6) is 3.28. The molecule has 0 spiro atoms. The van der Waals surface area contributed by atoms with Gasteiger partial charge in [-0.3, -0.25) is 0 Å². The average molecular weight is 322 g/mol. The molecule has 4 rings (SSSR count). The molecule has 0 atom stereocenters. The van der Waals surface area contributed by atoms with Crippen LogP contribution in [0.5, 0.6) is 23.0 Å². The first kappa shape index (κ1) is 14.7. The third kappa shape index (κ3) is 3.23. The van der Waals surface area contributed by atoms with Crippen LogP contribution < -0.4 is 18.9 Å². The number of rotatable bonds is 5. The zero-order valence-corrected chi connectivity index (χ0v) is 13.2. The normalized spacial score (nSPS) is 14.8. The maximum absolute atomic E-state index is 5.38. The summed E-state index contributed by atoms with van der Waals surface area (Å²) in [7, 11) is 0. The van der Waals surface area contributed by atoms with E-state index in [-0.39, 0.29) is 0 Å². The molecular weight excluding hydrogens is 304 g/mol. The quantitative estimate of drug-likeness (QED) is 0.751. The van der Waals surface area contributed by atoms with Crippen molar-refractivity contribution in [3.63, 3.8) is 0 Å². The third-order valence-electron chi connectivity index (χ3n) is 3.91. The fourth-order valence-electron chi connectivity index (χ4n) is 2.66. The number of hydrogen-bond acceptors (Lipinski definition) is 4. The molecule has 0 bridgehead atoms. The summed E-state index contributed by atoms with van der Waals surface area (Å²) in [5.41, 5.74) is 2.25. The summed E-state index contributed by atoms with van der Waals surface area (Å²) in [5, 5.41) is 0. The Labute approximate surface area is 140 Å². The molecule has 2 aliphatic heterocycles. The lowest BCUT2D eigenvalue weighted by Crippen LogP contribution is -1.92. The van der Waals surface area contributed by atoms with Crippen LogP contribution in [0.15, 0.2) is 48.6 Å². The van der Waals surface area contributed by atoms with Gasteiger partial charge in [-0.1, -0.05) is 36.4 Å². The predicted octanol–water partition coefficient (Wildman–Crippen LogP) is 4.65. The van der Waals surface area contributed by atoms with Crippen LogP contribution in [0, 0.1) is 0 Å². The van der Waals surface area contributed by atoms with Crippen LogP contribution in [0.3, 0.4) is 0 Å². The first-order chi connectivity index (χ1) is 11.9. The fourth-order valence-corrected chi connectivity index (χ4v) is 2.66. The van der Waals surface area contributed by atoms with E-state index >= 15 is 0 Å². The van der Waals surface area contributed by atoms with Crippen LogP contribution in [0.25, 0.3) is 12.2 Å². The second-order valence-electron chi connectivity index (χ2n) is 5.61. The molecule has 0 radical (unpaired) electrons. The van der Waals surface area contributed by atoms with Gasteiger partial charge in [-0.05, 0) is 48.2 Å². The predicted molar refractivity (Wildman–Crippen MR) is 92.4 cm³/mol. The zero-order chi connectivity index (χ0) is 16.2. The molecule has 0 amide bonds. The van der Waals surface area contributed by atoms with E-state index < -0.39 is 0 Å². The minimum absolute atomic E-state index is 0.313. The van der Waals surface area contributed by atoms with Crippen molar-refractivity contribution in [2.24, 2.45) is 0 Å². The highest BCUT2D eigenvalue weighted by Crippen LogP contribution is 2.33. The summed E-state index contributed by atoms with van der Waals surface area (Å²) in [4.78, 5) is 0. The van der Waals surface area contributed by atoms with Gasteiger partial charge in [0.05, 0.1) is 0 Å². The molecule has 4 heteroatoms. The van der Waals surface area contributed by atoms with Gasteiger partial charge in [0.2, 0.25) is 13.6 Å². The number of allylic oxidation sites excluding steroid dienone is 2. The van der Waals surface area contributed by atoms with Crippen molar-refractivity contribution in [1.82, 2.24) is 0 Å². The molecule has 4 nitrogen and oxygen atoms in total. The van der Waals surface area contributed by atoms with E-state index in [1.807, 2.05) is 36.4 Å². The minimum atomic E-state index is 0.313. The maximum atomic E-state index is 5.38. The molecule has 2 aromatic carbocycles. The molecule has 24 heavy (non-hydrogen) atoms. The molecule has 0 fully saturated rings. The first-order valence-electron chi connectivity index (χ1n) is 8.01. The third-order valence-corrected chi connectivity index (χ3v) is 3.91. The van der Waals surface area contributed by atoms with Crippen molar-refractivity contribution < 1.29 is 18.9 Å². The van der Waals surface area contributed by atoms with E-state index in [9.17, 15) is 0 Å². The summed E-state index contributed by atoms with van der Waals surface area (Å²) < 4.78 is 21.4. The molecule has 2 aromatic rings. The van der Waals surface area contributed by atoms with Crippen molar-refractivity contribution in [3.05, 3.63) is 59.7 Å². The van der Waals surface area contributed by atoms with E-state index in [0.717, 1.165) is 47.0 Å². The van der Waals surface area contributed by atoms with E-state index in [4.69, 9.17) is 18.9 Å². The van der Waals surface area contributed by atoms with Gasteiger partial charge in [-0.2, -0.15) is 0 Å². The molecule has 0 N–H and O–H groups in total. The Bertz CT molecular complexity index is 725. The maximum Gasteiger partial charge on any atom is 0.231 e. The molecule has 2 aliphatic rings. The molecule has 0 aliphatic carbocycles. The molecule has 0 aromatic heterocycles. The smallest absolute Gasteiger partial charge is 0.231 e. The second-order valence-corrected chi connectivity index (χ2v) is 5.61. The fraction of sp³-hybridized carbons (Fsp3) is 0.200. The summed E-state index contributed by atoms with van der Waals surface area (Å²) in [6, 6.07) is 12.0. The van der Waals surface area contributed by atoms with Crippen LogP contribution in [-0.2, 0) is 0 Å². The van der Waals surface area contributed by atoms with Crippen LogP contribution >= 0.6 is 0 Å². The van der Waals surface area contributed by atoms with E-state index in [1.54, 1.807) is 0 Å². The molecule has 122 valence electrons. The monoisotopic (exact) mass is 322 g/mol. The molecule has 0 saturated carbocycles. The van der Waals surface area contributed by atoms with E-state index in [2.05, 4.69) is 24.3 Å². The molecular formula is C20H18O4. The van der Waals surface area contributed by atoms with Gasteiger partial charge in [0, 0.05) is 0 Å². The summed E-state index contributed by atoms with van der Waals surface area (Å²) in [6.07, 6.45) is 10.5. The van der Waals surface area contributed by atoms with Gasteiger partial charge in [-0.25, -0.2) is 0 Å². The van der Waals surface area contributed by atoms with Gasteiger partial charge in [0.25, 0.3) is 0 Å². The van der Waals surface area contributed by atoms with Crippen molar-refractivity contribution in [1.29, 1.82) is 0 Å². The van der Waals surface area contributed by atoms with Crippen molar-refractivity contribution in [2.45, 2.75) is 12.8 Å². The van der Waals surface area contributed by atoms with Gasteiger partial charge in [-0.15, -0.1) is 0 Å². The number of ether oxygens (including phenoxy) is 4. The lowest BCUT2D eigenvalue weighted by atomic mass is 10.1.